The van der Waals surface area contributed by atoms with Crippen molar-refractivity contribution in [1.82, 2.24) is 4.90 Å². The van der Waals surface area contributed by atoms with Crippen molar-refractivity contribution >= 4 is 27.5 Å². The number of carbonyl (C=O) groups is 2. The number of ketones is 2. The number of hydrogen-bond donors (Lipinski definition) is 0. The first kappa shape index (κ1) is 31.5. The van der Waals surface area contributed by atoms with Crippen LogP contribution in [0, 0.1) is 17.8 Å². The molecule has 2 aliphatic carbocycles. The maximum atomic E-state index is 14.1. The van der Waals surface area contributed by atoms with Crippen molar-refractivity contribution in [2.45, 2.75) is 79.8 Å². The van der Waals surface area contributed by atoms with Crippen molar-refractivity contribution in [1.29, 1.82) is 0 Å². The number of aryl methyl sites for hydroxylation is 1. The average Bonchev–Trinajstić information content (AvgIpc) is 2.90. The summed E-state index contributed by atoms with van der Waals surface area (Å²) in [7, 11) is 1.69. The fourth-order valence-electron chi connectivity index (χ4n) is 6.95. The van der Waals surface area contributed by atoms with Gasteiger partial charge in [0.05, 0.1) is 17.7 Å². The Morgan fingerprint density at radius 1 is 0.907 bits per heavy atom. The lowest BCUT2D eigenvalue weighted by Gasteiger charge is -2.49. The van der Waals surface area contributed by atoms with Gasteiger partial charge in [-0.3, -0.25) is 9.59 Å². The topological polar surface area (TPSA) is 65.1 Å². The molecule has 2 aromatic carbocycles. The third kappa shape index (κ3) is 6.48. The van der Waals surface area contributed by atoms with Gasteiger partial charge in [0.15, 0.2) is 23.1 Å². The van der Waals surface area contributed by atoms with E-state index in [1.165, 1.54) is 5.56 Å². The molecule has 7 heteroatoms. The molecule has 6 nitrogen and oxygen atoms in total. The number of ether oxygens (including phenoxy) is 3. The highest BCUT2D eigenvalue weighted by Gasteiger charge is 2.49. The van der Waals surface area contributed by atoms with Gasteiger partial charge in [0, 0.05) is 55.0 Å². The van der Waals surface area contributed by atoms with E-state index >= 15 is 0 Å². The number of allylic oxidation sites excluding steroid dienone is 4. The molecule has 0 saturated carbocycles. The summed E-state index contributed by atoms with van der Waals surface area (Å²) < 4.78 is 18.7. The van der Waals surface area contributed by atoms with E-state index in [1.54, 1.807) is 7.11 Å². The van der Waals surface area contributed by atoms with Gasteiger partial charge in [-0.15, -0.1) is 0 Å². The maximum Gasteiger partial charge on any atom is 0.175 e. The van der Waals surface area contributed by atoms with E-state index < -0.39 is 5.92 Å². The molecule has 230 valence electrons. The molecule has 0 amide bonds. The van der Waals surface area contributed by atoms with E-state index in [0.29, 0.717) is 50.7 Å². The third-order valence-corrected chi connectivity index (χ3v) is 9.26. The van der Waals surface area contributed by atoms with E-state index in [1.807, 2.05) is 31.2 Å². The van der Waals surface area contributed by atoms with E-state index in [4.69, 9.17) is 14.2 Å². The lowest BCUT2D eigenvalue weighted by molar-refractivity contribution is -0.119. The third-order valence-electron chi connectivity index (χ3n) is 8.67. The van der Waals surface area contributed by atoms with Gasteiger partial charge >= 0.3 is 0 Å². The molecule has 2 aromatic rings. The molecule has 0 saturated heterocycles. The fraction of sp³-hybridized carbons (Fsp3) is 0.500. The largest absolute Gasteiger partial charge is 0.490 e. The number of nitrogens with zero attached hydrogens (tertiary/aromatic N) is 1. The molecule has 1 aliphatic heterocycles. The van der Waals surface area contributed by atoms with Gasteiger partial charge in [-0.25, -0.2) is 0 Å². The van der Waals surface area contributed by atoms with Gasteiger partial charge in [0.25, 0.3) is 0 Å². The second-order valence-electron chi connectivity index (χ2n) is 13.7. The number of halogens is 1. The van der Waals surface area contributed by atoms with Crippen molar-refractivity contribution in [2.75, 3.05) is 26.9 Å². The monoisotopic (exact) mass is 649 g/mol. The summed E-state index contributed by atoms with van der Waals surface area (Å²) in [6.45, 7) is 14.6. The standard InChI is InChI=1S/C36H44BrNO5/c1-8-42-30-16-24(15-25(37)34(30)43-21-23-11-9-10-22(2)14-23)31-32-26(17-35(3,4)19-28(32)39)38(12-13-41-7)27-18-36(5,6)20-29(40)33(27)31/h9-11,14-16,31H,8,12-13,17-21H2,1-7H3. The average molecular weight is 651 g/mol. The molecule has 43 heavy (non-hydrogen) atoms. The molecular weight excluding hydrogens is 606 g/mol. The van der Waals surface area contributed by atoms with E-state index in [9.17, 15) is 9.59 Å². The number of carbonyl (C=O) groups excluding carboxylic acids is 2. The quantitative estimate of drug-likeness (QED) is 0.274. The van der Waals surface area contributed by atoms with Gasteiger partial charge in [-0.2, -0.15) is 0 Å². The molecule has 0 fully saturated rings. The van der Waals surface area contributed by atoms with Crippen LogP contribution < -0.4 is 9.47 Å². The van der Waals surface area contributed by atoms with Crippen molar-refractivity contribution in [3.05, 3.63) is 80.1 Å². The van der Waals surface area contributed by atoms with E-state index in [-0.39, 0.29) is 22.4 Å². The molecule has 5 rings (SSSR count). The van der Waals surface area contributed by atoms with Crippen LogP contribution in [0.25, 0.3) is 0 Å². The number of hydrogen-bond acceptors (Lipinski definition) is 6. The fourth-order valence-corrected chi connectivity index (χ4v) is 7.52. The Hall–Kier alpha value is -2.90. The Balaban J connectivity index is 1.67. The van der Waals surface area contributed by atoms with Crippen LogP contribution in [-0.4, -0.2) is 43.3 Å². The minimum absolute atomic E-state index is 0.108. The summed E-state index contributed by atoms with van der Waals surface area (Å²) in [4.78, 5) is 30.4. The second kappa shape index (κ2) is 12.2. The van der Waals surface area contributed by atoms with Crippen molar-refractivity contribution in [2.24, 2.45) is 10.8 Å². The maximum absolute atomic E-state index is 14.1. The minimum Gasteiger partial charge on any atom is -0.490 e. The summed E-state index contributed by atoms with van der Waals surface area (Å²) in [6.07, 6.45) is 2.41. The predicted molar refractivity (Wildman–Crippen MR) is 172 cm³/mol. The minimum atomic E-state index is -0.461. The number of benzene rings is 2. The van der Waals surface area contributed by atoms with Crippen molar-refractivity contribution < 1.29 is 23.8 Å². The van der Waals surface area contributed by atoms with Crippen LogP contribution in [0.5, 0.6) is 11.5 Å². The van der Waals surface area contributed by atoms with Crippen molar-refractivity contribution in [3.63, 3.8) is 0 Å². The zero-order chi connectivity index (χ0) is 31.1. The lowest BCUT2D eigenvalue weighted by Crippen LogP contribution is -2.45. The van der Waals surface area contributed by atoms with Crippen LogP contribution >= 0.6 is 15.9 Å². The zero-order valence-electron chi connectivity index (χ0n) is 26.6. The summed E-state index contributed by atoms with van der Waals surface area (Å²) >= 11 is 3.78. The molecule has 0 spiro atoms. The van der Waals surface area contributed by atoms with Gasteiger partial charge < -0.3 is 19.1 Å². The zero-order valence-corrected chi connectivity index (χ0v) is 28.2. The van der Waals surface area contributed by atoms with Gasteiger partial charge in [0.2, 0.25) is 0 Å². The number of Topliss-reactive ketones (excluding diaryl/α,β-unsaturated/α-hetero) is 2. The molecule has 0 unspecified atom stereocenters. The lowest BCUT2D eigenvalue weighted by atomic mass is 9.63. The van der Waals surface area contributed by atoms with E-state index in [2.05, 4.69) is 67.6 Å². The molecule has 0 radical (unpaired) electrons. The van der Waals surface area contributed by atoms with Crippen LogP contribution in [0.4, 0.5) is 0 Å². The Labute approximate surface area is 264 Å². The normalized spacial score (nSPS) is 19.9. The summed E-state index contributed by atoms with van der Waals surface area (Å²) in [5.41, 5.74) is 6.29. The molecule has 0 N–H and O–H groups in total. The smallest absolute Gasteiger partial charge is 0.175 e. The van der Waals surface area contributed by atoms with Crippen LogP contribution in [0.2, 0.25) is 0 Å². The summed E-state index contributed by atoms with van der Waals surface area (Å²) in [5, 5.41) is 0. The Bertz CT molecular complexity index is 1450. The summed E-state index contributed by atoms with van der Waals surface area (Å²) in [5.74, 6) is 0.962. The first-order valence-corrected chi connectivity index (χ1v) is 16.1. The van der Waals surface area contributed by atoms with Gasteiger partial charge in [0.1, 0.15) is 6.61 Å². The molecule has 0 bridgehead atoms. The van der Waals surface area contributed by atoms with E-state index in [0.717, 1.165) is 51.0 Å². The van der Waals surface area contributed by atoms with Crippen LogP contribution in [0.3, 0.4) is 0 Å². The molecule has 0 aromatic heterocycles. The highest BCUT2D eigenvalue weighted by molar-refractivity contribution is 9.10. The Morgan fingerprint density at radius 3 is 2.09 bits per heavy atom. The highest BCUT2D eigenvalue weighted by Crippen LogP contribution is 2.55. The second-order valence-corrected chi connectivity index (χ2v) is 14.6. The molecule has 0 atom stereocenters. The first-order valence-electron chi connectivity index (χ1n) is 15.3. The van der Waals surface area contributed by atoms with Gasteiger partial charge in [-0.05, 0) is 76.7 Å². The van der Waals surface area contributed by atoms with Crippen molar-refractivity contribution in [3.8, 4) is 11.5 Å². The highest BCUT2D eigenvalue weighted by atomic mass is 79.9. The Kier molecular flexibility index (Phi) is 8.97. The van der Waals surface area contributed by atoms with Crippen LogP contribution in [0.15, 0.2) is 63.4 Å². The number of rotatable bonds is 9. The molecular formula is C36H44BrNO5. The van der Waals surface area contributed by atoms with Crippen LogP contribution in [-0.2, 0) is 20.9 Å². The SMILES string of the molecule is CCOc1cc(C2C3=C(CC(C)(C)CC3=O)N(CCOC)C3=C2C(=O)CC(C)(C)C3)cc(Br)c1OCc1cccc(C)c1. The van der Waals surface area contributed by atoms with Crippen LogP contribution in [0.1, 0.15) is 82.9 Å². The van der Waals surface area contributed by atoms with Gasteiger partial charge in [-0.1, -0.05) is 57.5 Å². The number of methoxy groups -OCH3 is 1. The predicted octanol–water partition coefficient (Wildman–Crippen LogP) is 8.07. The Morgan fingerprint density at radius 2 is 1.53 bits per heavy atom. The summed E-state index contributed by atoms with van der Waals surface area (Å²) in [6, 6.07) is 12.2. The molecule has 1 heterocycles. The first-order chi connectivity index (χ1) is 20.3. The molecule has 3 aliphatic rings.